The number of benzene rings is 3. The Kier molecular flexibility index (Phi) is 11.5. The number of nitrogens with one attached hydrogen (secondary N) is 2. The van der Waals surface area contributed by atoms with E-state index in [1.165, 1.54) is 29.5 Å². The third-order valence-electron chi connectivity index (χ3n) is 7.76. The molecule has 1 aliphatic rings. The molecule has 3 aromatic carbocycles. The van der Waals surface area contributed by atoms with Crippen LogP contribution in [0.3, 0.4) is 0 Å². The molecule has 1 atom stereocenters. The molecule has 0 spiro atoms. The first kappa shape index (κ1) is 31.9. The van der Waals surface area contributed by atoms with Crippen LogP contribution in [0.2, 0.25) is 0 Å². The van der Waals surface area contributed by atoms with Crippen LogP contribution in [0, 0.1) is 0 Å². The molecule has 1 unspecified atom stereocenters. The third-order valence-corrected chi connectivity index (χ3v) is 9.16. The number of ether oxygens (including phenoxy) is 1. The molecule has 1 saturated carbocycles. The highest BCUT2D eigenvalue weighted by molar-refractivity contribution is 7.89. The van der Waals surface area contributed by atoms with Gasteiger partial charge in [-0.05, 0) is 98.9 Å². The second-order valence-corrected chi connectivity index (χ2v) is 12.6. The fraction of sp³-hybridized carbons (Fsp3) is 0.297. The van der Waals surface area contributed by atoms with Gasteiger partial charge in [0.25, 0.3) is 10.0 Å². The average molecular weight is 597 g/mol. The smallest absolute Gasteiger partial charge is 0.262 e. The lowest BCUT2D eigenvalue weighted by Gasteiger charge is -2.23. The molecule has 0 amide bonds. The molecular weight excluding hydrogens is 552 g/mol. The summed E-state index contributed by atoms with van der Waals surface area (Å²) in [5.74, 6) is 1.28. The summed E-state index contributed by atoms with van der Waals surface area (Å²) >= 11 is 0. The second kappa shape index (κ2) is 15.4. The molecule has 5 nitrogen and oxygen atoms in total. The first-order valence-electron chi connectivity index (χ1n) is 15.2. The molecular formula is C37H44N2O3S. The maximum atomic E-state index is 12.7. The number of hydrogen-bond donors (Lipinski definition) is 2. The Morgan fingerprint density at radius 2 is 1.72 bits per heavy atom. The topological polar surface area (TPSA) is 67.4 Å². The van der Waals surface area contributed by atoms with Crippen LogP contribution in [-0.2, 0) is 16.4 Å². The average Bonchev–Trinajstić information content (AvgIpc) is 3.52. The van der Waals surface area contributed by atoms with Crippen molar-refractivity contribution in [2.75, 3.05) is 5.32 Å². The molecule has 3 aromatic rings. The van der Waals surface area contributed by atoms with E-state index in [9.17, 15) is 8.42 Å². The molecule has 43 heavy (non-hydrogen) atoms. The van der Waals surface area contributed by atoms with Crippen molar-refractivity contribution in [1.82, 2.24) is 4.72 Å². The van der Waals surface area contributed by atoms with Crippen LogP contribution in [0.15, 0.2) is 127 Å². The van der Waals surface area contributed by atoms with Gasteiger partial charge < -0.3 is 10.1 Å². The van der Waals surface area contributed by atoms with Crippen molar-refractivity contribution in [2.45, 2.75) is 75.7 Å². The van der Waals surface area contributed by atoms with Crippen molar-refractivity contribution in [3.05, 3.63) is 138 Å². The van der Waals surface area contributed by atoms with E-state index in [0.29, 0.717) is 6.10 Å². The van der Waals surface area contributed by atoms with Crippen molar-refractivity contribution in [2.24, 2.45) is 0 Å². The van der Waals surface area contributed by atoms with Crippen LogP contribution in [-0.4, -0.2) is 14.5 Å². The van der Waals surface area contributed by atoms with E-state index >= 15 is 0 Å². The predicted octanol–water partition coefficient (Wildman–Crippen LogP) is 9.03. The van der Waals surface area contributed by atoms with Crippen LogP contribution in [0.25, 0.3) is 0 Å². The summed E-state index contributed by atoms with van der Waals surface area (Å²) in [6.07, 6.45) is 16.0. The number of anilines is 1. The Morgan fingerprint density at radius 3 is 2.37 bits per heavy atom. The van der Waals surface area contributed by atoms with Crippen molar-refractivity contribution in [3.8, 4) is 5.75 Å². The molecule has 1 fully saturated rings. The van der Waals surface area contributed by atoms with Crippen molar-refractivity contribution < 1.29 is 13.2 Å². The summed E-state index contributed by atoms with van der Waals surface area (Å²) < 4.78 is 34.5. The summed E-state index contributed by atoms with van der Waals surface area (Å²) in [6, 6.07) is 23.1. The highest BCUT2D eigenvalue weighted by Crippen LogP contribution is 2.36. The fourth-order valence-corrected chi connectivity index (χ4v) is 6.54. The van der Waals surface area contributed by atoms with Crippen LogP contribution in [0.1, 0.15) is 75.0 Å². The molecule has 0 aliphatic heterocycles. The maximum Gasteiger partial charge on any atom is 0.262 e. The van der Waals surface area contributed by atoms with Gasteiger partial charge in [-0.15, -0.1) is 6.58 Å². The Labute approximate surface area is 258 Å². The summed E-state index contributed by atoms with van der Waals surface area (Å²) in [6.45, 7) is 12.0. The van der Waals surface area contributed by atoms with E-state index in [2.05, 4.69) is 78.7 Å². The van der Waals surface area contributed by atoms with Crippen LogP contribution in [0.5, 0.6) is 5.75 Å². The van der Waals surface area contributed by atoms with Crippen molar-refractivity contribution in [3.63, 3.8) is 0 Å². The standard InChI is InChI=1S/C37H44N2O3S/c1-5-8-15-29(14-6-2)26-36(32-21-20-30(7-3)37(27-32)42-34-16-12-13-17-34)31-22-24-33(25-23-31)38-28(4)39-43(40,41)35-18-10-9-11-19-35/h5-6,9-11,14-15,18-25,27,34,36,38-39H,1,4,7-8,12-13,16-17,26H2,2-3H3/b14-6-,29-15+. The minimum atomic E-state index is -3.73. The summed E-state index contributed by atoms with van der Waals surface area (Å²) in [4.78, 5) is 0.183. The lowest BCUT2D eigenvalue weighted by atomic mass is 9.84. The molecule has 226 valence electrons. The SMILES string of the molecule is C=CC/C=C(\C=C/C)CC(c1ccc(NC(=C)NS(=O)(=O)c2ccccc2)cc1)c1ccc(CC)c(OC2CCCC2)c1. The van der Waals surface area contributed by atoms with Gasteiger partial charge in [0.15, 0.2) is 0 Å². The Balaban J connectivity index is 1.60. The Hall–Kier alpha value is -4.03. The fourth-order valence-electron chi connectivity index (χ4n) is 5.53. The molecule has 4 rings (SSSR count). The second-order valence-electron chi connectivity index (χ2n) is 10.9. The molecule has 0 aromatic heterocycles. The van der Waals surface area contributed by atoms with Gasteiger partial charge in [0.1, 0.15) is 11.6 Å². The number of aryl methyl sites for hydroxylation is 1. The third kappa shape index (κ3) is 8.98. The number of sulfonamides is 1. The quantitative estimate of drug-likeness (QED) is 0.136. The van der Waals surface area contributed by atoms with E-state index < -0.39 is 10.0 Å². The Morgan fingerprint density at radius 1 is 1.02 bits per heavy atom. The first-order valence-corrected chi connectivity index (χ1v) is 16.7. The minimum Gasteiger partial charge on any atom is -0.490 e. The van der Waals surface area contributed by atoms with Crippen LogP contribution < -0.4 is 14.8 Å². The van der Waals surface area contributed by atoms with E-state index in [4.69, 9.17) is 4.74 Å². The molecule has 1 aliphatic carbocycles. The van der Waals surface area contributed by atoms with Gasteiger partial charge in [-0.3, -0.25) is 4.72 Å². The van der Waals surface area contributed by atoms with Crippen molar-refractivity contribution >= 4 is 15.7 Å². The number of allylic oxidation sites excluding steroid dienone is 5. The highest BCUT2D eigenvalue weighted by atomic mass is 32.2. The summed E-state index contributed by atoms with van der Waals surface area (Å²) in [5, 5.41) is 3.09. The molecule has 2 N–H and O–H groups in total. The summed E-state index contributed by atoms with van der Waals surface area (Å²) in [5.41, 5.74) is 5.59. The maximum absolute atomic E-state index is 12.7. The van der Waals surface area contributed by atoms with Gasteiger partial charge in [-0.1, -0.05) is 85.8 Å². The van der Waals surface area contributed by atoms with Gasteiger partial charge in [0.05, 0.1) is 11.0 Å². The molecule has 0 radical (unpaired) electrons. The number of hydrogen-bond acceptors (Lipinski definition) is 4. The van der Waals surface area contributed by atoms with E-state index in [1.54, 1.807) is 30.3 Å². The van der Waals surface area contributed by atoms with Gasteiger partial charge in [0.2, 0.25) is 0 Å². The molecule has 0 heterocycles. The lowest BCUT2D eigenvalue weighted by molar-refractivity contribution is 0.208. The van der Waals surface area contributed by atoms with E-state index in [0.717, 1.165) is 49.1 Å². The zero-order valence-electron chi connectivity index (χ0n) is 25.4. The predicted molar refractivity (Wildman–Crippen MR) is 179 cm³/mol. The lowest BCUT2D eigenvalue weighted by Crippen LogP contribution is -2.26. The van der Waals surface area contributed by atoms with E-state index in [1.807, 2.05) is 25.1 Å². The summed E-state index contributed by atoms with van der Waals surface area (Å²) in [7, 11) is -3.73. The van der Waals surface area contributed by atoms with Gasteiger partial charge >= 0.3 is 0 Å². The van der Waals surface area contributed by atoms with Gasteiger partial charge in [0, 0.05) is 11.6 Å². The molecule has 6 heteroatoms. The Bertz CT molecular complexity index is 1530. The molecule has 0 bridgehead atoms. The zero-order valence-corrected chi connectivity index (χ0v) is 26.2. The van der Waals surface area contributed by atoms with Gasteiger partial charge in [-0.2, -0.15) is 0 Å². The van der Waals surface area contributed by atoms with Gasteiger partial charge in [-0.25, -0.2) is 8.42 Å². The zero-order chi connectivity index (χ0) is 30.7. The molecule has 0 saturated heterocycles. The minimum absolute atomic E-state index is 0.0953. The van der Waals surface area contributed by atoms with Crippen LogP contribution >= 0.6 is 0 Å². The van der Waals surface area contributed by atoms with Crippen LogP contribution in [0.4, 0.5) is 5.69 Å². The monoisotopic (exact) mass is 596 g/mol. The highest BCUT2D eigenvalue weighted by Gasteiger charge is 2.21. The normalized spacial score (nSPS) is 14.9. The largest absolute Gasteiger partial charge is 0.490 e. The first-order chi connectivity index (χ1) is 20.8. The van der Waals surface area contributed by atoms with E-state index in [-0.39, 0.29) is 16.6 Å². The van der Waals surface area contributed by atoms with Crippen molar-refractivity contribution in [1.29, 1.82) is 0 Å². The number of rotatable bonds is 15.